The van der Waals surface area contributed by atoms with E-state index < -0.39 is 10.0 Å². The van der Waals surface area contributed by atoms with Crippen LogP contribution >= 0.6 is 22.9 Å². The molecule has 0 aliphatic carbocycles. The van der Waals surface area contributed by atoms with Crippen molar-refractivity contribution in [1.82, 2.24) is 9.29 Å². The summed E-state index contributed by atoms with van der Waals surface area (Å²) in [6.07, 6.45) is 0.948. The van der Waals surface area contributed by atoms with Gasteiger partial charge in [-0.15, -0.1) is 0 Å². The van der Waals surface area contributed by atoms with Crippen LogP contribution in [0.15, 0.2) is 41.3 Å². The molecule has 1 aliphatic rings. The van der Waals surface area contributed by atoms with Gasteiger partial charge in [-0.25, -0.2) is 13.4 Å². The number of anilines is 1. The molecule has 4 rings (SSSR count). The molecule has 0 bridgehead atoms. The molecule has 1 amide bonds. The average Bonchev–Trinajstić information content (AvgIpc) is 3.11. The van der Waals surface area contributed by atoms with Gasteiger partial charge in [-0.05, 0) is 68.1 Å². The number of aromatic nitrogens is 1. The molecule has 158 valence electrons. The van der Waals surface area contributed by atoms with Crippen LogP contribution < -0.4 is 5.32 Å². The largest absolute Gasteiger partial charge is 0.302 e. The number of carbonyl (C=O) groups is 1. The number of piperidine rings is 1. The average molecular weight is 464 g/mol. The number of sulfonamides is 1. The predicted molar refractivity (Wildman–Crippen MR) is 121 cm³/mol. The Morgan fingerprint density at radius 1 is 1.17 bits per heavy atom. The summed E-state index contributed by atoms with van der Waals surface area (Å²) in [6.45, 7) is 4.66. The molecule has 0 atom stereocenters. The van der Waals surface area contributed by atoms with E-state index in [9.17, 15) is 13.2 Å². The molecule has 1 fully saturated rings. The van der Waals surface area contributed by atoms with Crippen molar-refractivity contribution < 1.29 is 13.2 Å². The first kappa shape index (κ1) is 21.2. The molecule has 9 heteroatoms. The van der Waals surface area contributed by atoms with Crippen LogP contribution in [0.4, 0.5) is 5.13 Å². The normalized spacial score (nSPS) is 16.1. The van der Waals surface area contributed by atoms with Gasteiger partial charge in [0, 0.05) is 24.0 Å². The Morgan fingerprint density at radius 2 is 1.83 bits per heavy atom. The van der Waals surface area contributed by atoms with Crippen LogP contribution in [0.1, 0.15) is 24.0 Å². The molecule has 3 aromatic rings. The fraction of sp³-hybridized carbons (Fsp3) is 0.333. The highest BCUT2D eigenvalue weighted by molar-refractivity contribution is 7.89. The van der Waals surface area contributed by atoms with Gasteiger partial charge in [-0.1, -0.05) is 29.0 Å². The van der Waals surface area contributed by atoms with Crippen LogP contribution in [-0.4, -0.2) is 36.7 Å². The van der Waals surface area contributed by atoms with Gasteiger partial charge in [-0.2, -0.15) is 4.31 Å². The minimum atomic E-state index is -3.58. The first-order valence-electron chi connectivity index (χ1n) is 9.68. The maximum Gasteiger partial charge on any atom is 0.243 e. The van der Waals surface area contributed by atoms with E-state index in [0.29, 0.717) is 36.1 Å². The number of amides is 1. The molecule has 1 N–H and O–H groups in total. The number of hydrogen-bond acceptors (Lipinski definition) is 5. The van der Waals surface area contributed by atoms with E-state index in [2.05, 4.69) is 22.4 Å². The van der Waals surface area contributed by atoms with Crippen molar-refractivity contribution >= 4 is 54.2 Å². The van der Waals surface area contributed by atoms with Crippen LogP contribution in [0.25, 0.3) is 10.2 Å². The lowest BCUT2D eigenvalue weighted by molar-refractivity contribution is -0.120. The maximum atomic E-state index is 12.8. The van der Waals surface area contributed by atoms with E-state index in [1.807, 2.05) is 13.8 Å². The summed E-state index contributed by atoms with van der Waals surface area (Å²) in [6, 6.07) is 10.3. The molecule has 2 aromatic carbocycles. The number of benzene rings is 2. The van der Waals surface area contributed by atoms with Crippen molar-refractivity contribution in [3.63, 3.8) is 0 Å². The molecule has 0 unspecified atom stereocenters. The number of rotatable bonds is 4. The second-order valence-electron chi connectivity index (χ2n) is 7.57. The van der Waals surface area contributed by atoms with E-state index in [1.54, 1.807) is 12.1 Å². The Balaban J connectivity index is 1.41. The van der Waals surface area contributed by atoms with E-state index in [4.69, 9.17) is 11.6 Å². The molecule has 0 radical (unpaired) electrons. The predicted octanol–water partition coefficient (Wildman–Crippen LogP) is 4.61. The number of aryl methyl sites for hydroxylation is 2. The van der Waals surface area contributed by atoms with Gasteiger partial charge < -0.3 is 5.32 Å². The van der Waals surface area contributed by atoms with E-state index in [0.717, 1.165) is 21.3 Å². The van der Waals surface area contributed by atoms with Gasteiger partial charge in [0.1, 0.15) is 0 Å². The second-order valence-corrected chi connectivity index (χ2v) is 11.0. The Labute approximate surface area is 184 Å². The number of fused-ring (bicyclic) bond motifs is 1. The zero-order chi connectivity index (χ0) is 21.5. The number of nitrogens with one attached hydrogen (secondary N) is 1. The number of thiazole rings is 1. The quantitative estimate of drug-likeness (QED) is 0.612. The minimum Gasteiger partial charge on any atom is -0.302 e. The lowest BCUT2D eigenvalue weighted by Crippen LogP contribution is -2.41. The maximum absolute atomic E-state index is 12.8. The number of halogens is 1. The summed E-state index contributed by atoms with van der Waals surface area (Å²) < 4.78 is 28.1. The summed E-state index contributed by atoms with van der Waals surface area (Å²) in [5.41, 5.74) is 3.16. The van der Waals surface area contributed by atoms with Crippen LogP contribution in [0.5, 0.6) is 0 Å². The lowest BCUT2D eigenvalue weighted by Gasteiger charge is -2.30. The Kier molecular flexibility index (Phi) is 5.85. The number of carbonyl (C=O) groups excluding carboxylic acids is 1. The standard InChI is InChI=1S/C21H22ClN3O3S2/c1-13-11-14(2)19-18(12-13)29-21(23-19)24-20(26)15-7-9-25(10-8-15)30(27,28)17-5-3-16(22)4-6-17/h3-6,11-12,15H,7-10H2,1-2H3,(H,23,24,26). The second kappa shape index (κ2) is 8.26. The first-order valence-corrected chi connectivity index (χ1v) is 12.3. The molecule has 6 nitrogen and oxygen atoms in total. The van der Waals surface area contributed by atoms with Crippen LogP contribution in [0, 0.1) is 19.8 Å². The zero-order valence-electron chi connectivity index (χ0n) is 16.7. The van der Waals surface area contributed by atoms with Crippen molar-refractivity contribution in [2.75, 3.05) is 18.4 Å². The van der Waals surface area contributed by atoms with Crippen LogP contribution in [-0.2, 0) is 14.8 Å². The summed E-state index contributed by atoms with van der Waals surface area (Å²) >= 11 is 7.31. The zero-order valence-corrected chi connectivity index (χ0v) is 19.1. The van der Waals surface area contributed by atoms with Gasteiger partial charge in [0.15, 0.2) is 5.13 Å². The third kappa shape index (κ3) is 4.23. The lowest BCUT2D eigenvalue weighted by atomic mass is 9.97. The van der Waals surface area contributed by atoms with Crippen LogP contribution in [0.3, 0.4) is 0 Å². The number of hydrogen-bond donors (Lipinski definition) is 1. The van der Waals surface area contributed by atoms with Gasteiger partial charge in [-0.3, -0.25) is 4.79 Å². The monoisotopic (exact) mass is 463 g/mol. The Morgan fingerprint density at radius 3 is 2.50 bits per heavy atom. The topological polar surface area (TPSA) is 79.4 Å². The molecule has 2 heterocycles. The molecular formula is C21H22ClN3O3S2. The molecule has 30 heavy (non-hydrogen) atoms. The summed E-state index contributed by atoms with van der Waals surface area (Å²) in [5, 5.41) is 4.00. The Bertz CT molecular complexity index is 1200. The van der Waals surface area contributed by atoms with Gasteiger partial charge in [0.05, 0.1) is 15.1 Å². The highest BCUT2D eigenvalue weighted by Gasteiger charge is 2.32. The summed E-state index contributed by atoms with van der Waals surface area (Å²) in [5.74, 6) is -0.344. The summed E-state index contributed by atoms with van der Waals surface area (Å²) in [4.78, 5) is 17.5. The number of nitrogens with zero attached hydrogens (tertiary/aromatic N) is 2. The van der Waals surface area contributed by atoms with Crippen LogP contribution in [0.2, 0.25) is 5.02 Å². The van der Waals surface area contributed by atoms with Crippen molar-refractivity contribution in [1.29, 1.82) is 0 Å². The third-order valence-corrected chi connectivity index (χ3v) is 8.42. The van der Waals surface area contributed by atoms with Crippen molar-refractivity contribution in [2.45, 2.75) is 31.6 Å². The summed E-state index contributed by atoms with van der Waals surface area (Å²) in [7, 11) is -3.58. The third-order valence-electron chi connectivity index (χ3n) is 5.34. The van der Waals surface area contributed by atoms with Gasteiger partial charge >= 0.3 is 0 Å². The molecule has 1 aliphatic heterocycles. The molecular weight excluding hydrogens is 442 g/mol. The van der Waals surface area contributed by atoms with E-state index in [1.165, 1.54) is 27.8 Å². The molecule has 1 saturated heterocycles. The SMILES string of the molecule is Cc1cc(C)c2nc(NC(=O)C3CCN(S(=O)(=O)c4ccc(Cl)cc4)CC3)sc2c1. The highest BCUT2D eigenvalue weighted by atomic mass is 35.5. The van der Waals surface area contributed by atoms with E-state index in [-0.39, 0.29) is 16.7 Å². The fourth-order valence-electron chi connectivity index (χ4n) is 3.75. The molecule has 0 saturated carbocycles. The molecule has 1 aromatic heterocycles. The van der Waals surface area contributed by atoms with Gasteiger partial charge in [0.25, 0.3) is 0 Å². The highest BCUT2D eigenvalue weighted by Crippen LogP contribution is 2.31. The fourth-order valence-corrected chi connectivity index (χ4v) is 6.39. The Hall–Kier alpha value is -2.00. The van der Waals surface area contributed by atoms with Gasteiger partial charge in [0.2, 0.25) is 15.9 Å². The van der Waals surface area contributed by atoms with Crippen molar-refractivity contribution in [2.24, 2.45) is 5.92 Å². The first-order chi connectivity index (χ1) is 14.2. The smallest absolute Gasteiger partial charge is 0.243 e. The molecule has 0 spiro atoms. The minimum absolute atomic E-state index is 0.105. The van der Waals surface area contributed by atoms with E-state index >= 15 is 0 Å². The van der Waals surface area contributed by atoms with Crippen molar-refractivity contribution in [3.8, 4) is 0 Å². The van der Waals surface area contributed by atoms with Crippen molar-refractivity contribution in [3.05, 3.63) is 52.5 Å².